The Hall–Kier alpha value is -0.590. The highest BCUT2D eigenvalue weighted by Crippen LogP contribution is 2.27. The predicted octanol–water partition coefficient (Wildman–Crippen LogP) is 3.46. The number of hydrogen-bond acceptors (Lipinski definition) is 3. The second kappa shape index (κ2) is 7.43. The van der Waals surface area contributed by atoms with Crippen molar-refractivity contribution >= 4 is 0 Å². The molecule has 2 fully saturated rings. The molecule has 3 heteroatoms. The molecule has 0 bridgehead atoms. The molecule has 1 saturated carbocycles. The maximum atomic E-state index is 9.56. The normalized spacial score (nSPS) is 27.6. The van der Waals surface area contributed by atoms with Crippen LogP contribution in [0.1, 0.15) is 71.6 Å². The van der Waals surface area contributed by atoms with Crippen molar-refractivity contribution in [3.63, 3.8) is 0 Å². The average molecular weight is 277 g/mol. The molecular formula is C17H31N3. The van der Waals surface area contributed by atoms with Crippen molar-refractivity contribution in [1.29, 1.82) is 5.26 Å². The number of rotatable bonds is 7. The van der Waals surface area contributed by atoms with Gasteiger partial charge >= 0.3 is 0 Å². The van der Waals surface area contributed by atoms with Crippen LogP contribution in [0.2, 0.25) is 0 Å². The van der Waals surface area contributed by atoms with Gasteiger partial charge in [0.2, 0.25) is 0 Å². The SMILES string of the molecule is CCC(C#N)(CCCN1CCCCCC1C)NC1CC1. The van der Waals surface area contributed by atoms with Gasteiger partial charge in [0.05, 0.1) is 6.07 Å². The van der Waals surface area contributed by atoms with Crippen molar-refractivity contribution in [3.05, 3.63) is 0 Å². The van der Waals surface area contributed by atoms with Gasteiger partial charge in [-0.2, -0.15) is 5.26 Å². The van der Waals surface area contributed by atoms with E-state index in [-0.39, 0.29) is 5.54 Å². The van der Waals surface area contributed by atoms with Crippen LogP contribution in [0.15, 0.2) is 0 Å². The third-order valence-corrected chi connectivity index (χ3v) is 5.11. The highest BCUT2D eigenvalue weighted by Gasteiger charge is 2.34. The summed E-state index contributed by atoms with van der Waals surface area (Å²) in [6, 6.07) is 3.91. The van der Waals surface area contributed by atoms with Gasteiger partial charge in [-0.1, -0.05) is 19.8 Å². The van der Waals surface area contributed by atoms with Crippen LogP contribution in [-0.4, -0.2) is 35.6 Å². The molecule has 1 heterocycles. The zero-order chi connectivity index (χ0) is 14.4. The zero-order valence-electron chi connectivity index (χ0n) is 13.3. The molecule has 1 aliphatic carbocycles. The van der Waals surface area contributed by atoms with Gasteiger partial charge in [-0.25, -0.2) is 0 Å². The first kappa shape index (κ1) is 15.8. The molecule has 2 aliphatic rings. The smallest absolute Gasteiger partial charge is 0.106 e. The lowest BCUT2D eigenvalue weighted by molar-refractivity contribution is 0.201. The van der Waals surface area contributed by atoms with E-state index in [0.29, 0.717) is 6.04 Å². The molecule has 1 saturated heterocycles. The lowest BCUT2D eigenvalue weighted by Gasteiger charge is -2.30. The molecule has 2 rings (SSSR count). The zero-order valence-corrected chi connectivity index (χ0v) is 13.3. The van der Waals surface area contributed by atoms with Crippen LogP contribution >= 0.6 is 0 Å². The number of nitrogens with zero attached hydrogens (tertiary/aromatic N) is 2. The molecule has 0 spiro atoms. The Bertz CT molecular complexity index is 332. The number of hydrogen-bond donors (Lipinski definition) is 1. The molecule has 2 unspecified atom stereocenters. The molecule has 1 aliphatic heterocycles. The van der Waals surface area contributed by atoms with Gasteiger partial charge in [-0.15, -0.1) is 0 Å². The standard InChI is InChI=1S/C17H31N3/c1-3-17(14-18,19-16-9-10-16)11-7-13-20-12-6-4-5-8-15(20)2/h15-16,19H,3-13H2,1-2H3. The first-order chi connectivity index (χ1) is 9.69. The lowest BCUT2D eigenvalue weighted by Crippen LogP contribution is -2.45. The monoisotopic (exact) mass is 277 g/mol. The number of nitrogens with one attached hydrogen (secondary N) is 1. The third-order valence-electron chi connectivity index (χ3n) is 5.11. The van der Waals surface area contributed by atoms with Crippen LogP contribution in [0.25, 0.3) is 0 Å². The maximum Gasteiger partial charge on any atom is 0.106 e. The first-order valence-corrected chi connectivity index (χ1v) is 8.62. The van der Waals surface area contributed by atoms with Crippen molar-refractivity contribution in [2.75, 3.05) is 13.1 Å². The Kier molecular flexibility index (Phi) is 5.86. The topological polar surface area (TPSA) is 39.1 Å². The van der Waals surface area contributed by atoms with E-state index in [9.17, 15) is 5.26 Å². The molecule has 0 radical (unpaired) electrons. The van der Waals surface area contributed by atoms with Gasteiger partial charge in [0.1, 0.15) is 5.54 Å². The van der Waals surface area contributed by atoms with E-state index in [1.165, 1.54) is 45.1 Å². The van der Waals surface area contributed by atoms with E-state index >= 15 is 0 Å². The molecule has 0 aromatic heterocycles. The number of nitriles is 1. The van der Waals surface area contributed by atoms with Gasteiger partial charge in [0, 0.05) is 12.1 Å². The fraction of sp³-hybridized carbons (Fsp3) is 0.941. The van der Waals surface area contributed by atoms with E-state index in [1.54, 1.807) is 0 Å². The second-order valence-electron chi connectivity index (χ2n) is 6.80. The van der Waals surface area contributed by atoms with Gasteiger partial charge in [0.15, 0.2) is 0 Å². The second-order valence-corrected chi connectivity index (χ2v) is 6.80. The van der Waals surface area contributed by atoms with E-state index in [2.05, 4.69) is 30.1 Å². The summed E-state index contributed by atoms with van der Waals surface area (Å²) < 4.78 is 0. The van der Waals surface area contributed by atoms with Gasteiger partial charge in [0.25, 0.3) is 0 Å². The largest absolute Gasteiger partial charge is 0.301 e. The Morgan fingerprint density at radius 3 is 2.70 bits per heavy atom. The minimum absolute atomic E-state index is 0.268. The summed E-state index contributed by atoms with van der Waals surface area (Å²) in [7, 11) is 0. The third kappa shape index (κ3) is 4.46. The van der Waals surface area contributed by atoms with Crippen molar-refractivity contribution in [2.45, 2.75) is 89.3 Å². The van der Waals surface area contributed by atoms with Crippen molar-refractivity contribution in [2.24, 2.45) is 0 Å². The molecule has 0 aromatic rings. The van der Waals surface area contributed by atoms with Crippen molar-refractivity contribution in [3.8, 4) is 6.07 Å². The molecule has 0 aromatic carbocycles. The van der Waals surface area contributed by atoms with E-state index in [4.69, 9.17) is 0 Å². The van der Waals surface area contributed by atoms with Crippen LogP contribution in [0.3, 0.4) is 0 Å². The highest BCUT2D eigenvalue weighted by molar-refractivity contribution is 5.09. The Morgan fingerprint density at radius 2 is 2.05 bits per heavy atom. The fourth-order valence-corrected chi connectivity index (χ4v) is 3.39. The van der Waals surface area contributed by atoms with Crippen LogP contribution in [0, 0.1) is 11.3 Å². The molecular weight excluding hydrogens is 246 g/mol. The van der Waals surface area contributed by atoms with Crippen molar-refractivity contribution in [1.82, 2.24) is 10.2 Å². The molecule has 1 N–H and O–H groups in total. The van der Waals surface area contributed by atoms with Crippen LogP contribution in [-0.2, 0) is 0 Å². The highest BCUT2D eigenvalue weighted by atomic mass is 15.1. The molecule has 20 heavy (non-hydrogen) atoms. The maximum absolute atomic E-state index is 9.56. The summed E-state index contributed by atoms with van der Waals surface area (Å²) >= 11 is 0. The van der Waals surface area contributed by atoms with Gasteiger partial charge in [-0.3, -0.25) is 5.32 Å². The van der Waals surface area contributed by atoms with E-state index in [1.807, 2.05) is 0 Å². The average Bonchev–Trinajstić information content (AvgIpc) is 3.28. The minimum atomic E-state index is -0.268. The minimum Gasteiger partial charge on any atom is -0.301 e. The summed E-state index contributed by atoms with van der Waals surface area (Å²) in [4.78, 5) is 2.64. The summed E-state index contributed by atoms with van der Waals surface area (Å²) in [5.41, 5.74) is -0.268. The van der Waals surface area contributed by atoms with Crippen LogP contribution < -0.4 is 5.32 Å². The summed E-state index contributed by atoms with van der Waals surface area (Å²) in [5.74, 6) is 0. The van der Waals surface area contributed by atoms with Gasteiger partial charge in [-0.05, 0) is 65.0 Å². The van der Waals surface area contributed by atoms with Crippen LogP contribution in [0.4, 0.5) is 0 Å². The summed E-state index contributed by atoms with van der Waals surface area (Å²) in [6.45, 7) is 6.93. The lowest BCUT2D eigenvalue weighted by atomic mass is 9.91. The molecule has 2 atom stereocenters. The Balaban J connectivity index is 1.78. The Labute approximate surface area is 124 Å². The molecule has 114 valence electrons. The predicted molar refractivity (Wildman–Crippen MR) is 83.5 cm³/mol. The summed E-state index contributed by atoms with van der Waals surface area (Å²) in [5, 5.41) is 13.1. The number of likely N-dealkylation sites (tertiary alicyclic amines) is 1. The molecule has 3 nitrogen and oxygen atoms in total. The Morgan fingerprint density at radius 1 is 1.25 bits per heavy atom. The fourth-order valence-electron chi connectivity index (χ4n) is 3.39. The summed E-state index contributed by atoms with van der Waals surface area (Å²) in [6.07, 6.45) is 11.1. The van der Waals surface area contributed by atoms with Gasteiger partial charge < -0.3 is 4.90 Å². The molecule has 0 amide bonds. The van der Waals surface area contributed by atoms with E-state index < -0.39 is 0 Å². The van der Waals surface area contributed by atoms with Crippen LogP contribution in [0.5, 0.6) is 0 Å². The first-order valence-electron chi connectivity index (χ1n) is 8.62. The quantitative estimate of drug-likeness (QED) is 0.774. The van der Waals surface area contributed by atoms with E-state index in [0.717, 1.165) is 31.8 Å². The van der Waals surface area contributed by atoms with Crippen molar-refractivity contribution < 1.29 is 0 Å².